The highest BCUT2D eigenvalue weighted by Gasteiger charge is 2.22. The highest BCUT2D eigenvalue weighted by molar-refractivity contribution is 6.37. The molecule has 3 aromatic rings. The number of H-pyrrole nitrogens is 2. The molecule has 6 nitrogen and oxygen atoms in total. The predicted octanol–water partition coefficient (Wildman–Crippen LogP) is 3.67. The van der Waals surface area contributed by atoms with Gasteiger partial charge in [0.1, 0.15) is 5.69 Å². The van der Waals surface area contributed by atoms with Crippen molar-refractivity contribution in [2.45, 2.75) is 0 Å². The topological polar surface area (TPSA) is 90.6 Å². The Labute approximate surface area is 145 Å². The molecule has 1 amide bonds. The number of nitrogens with one attached hydrogen (secondary N) is 3. The molecule has 9 heteroatoms. The Hall–Kier alpha value is -2.64. The van der Waals surface area contributed by atoms with Gasteiger partial charge in [-0.1, -0.05) is 23.2 Å². The van der Waals surface area contributed by atoms with E-state index in [1.54, 1.807) is 0 Å². The average Bonchev–Trinajstić information content (AvgIpc) is 3.22. The van der Waals surface area contributed by atoms with Crippen molar-refractivity contribution < 1.29 is 14.0 Å². The van der Waals surface area contributed by atoms with E-state index in [2.05, 4.69) is 20.5 Å². The Morgan fingerprint density at radius 2 is 1.92 bits per heavy atom. The highest BCUT2D eigenvalue weighted by Crippen LogP contribution is 2.28. The quantitative estimate of drug-likeness (QED) is 0.486. The van der Waals surface area contributed by atoms with Gasteiger partial charge in [-0.3, -0.25) is 14.7 Å². The molecule has 3 N–H and O–H groups in total. The fourth-order valence-electron chi connectivity index (χ4n) is 2.05. The minimum atomic E-state index is -0.903. The van der Waals surface area contributed by atoms with Gasteiger partial charge >= 0.3 is 0 Å². The van der Waals surface area contributed by atoms with Gasteiger partial charge in [0, 0.05) is 18.0 Å². The third-order valence-electron chi connectivity index (χ3n) is 3.22. The van der Waals surface area contributed by atoms with Gasteiger partial charge in [0.25, 0.3) is 5.91 Å². The van der Waals surface area contributed by atoms with Crippen LogP contribution < -0.4 is 5.32 Å². The first-order valence-electron chi connectivity index (χ1n) is 6.64. The van der Waals surface area contributed by atoms with Gasteiger partial charge in [0.05, 0.1) is 27.5 Å². The maximum atomic E-state index is 14.1. The van der Waals surface area contributed by atoms with E-state index in [9.17, 15) is 14.0 Å². The number of ketones is 1. The second kappa shape index (κ2) is 6.46. The fraction of sp³-hybridized carbons (Fsp3) is 0. The first kappa shape index (κ1) is 16.2. The first-order chi connectivity index (χ1) is 11.5. The van der Waals surface area contributed by atoms with Crippen LogP contribution in [0.15, 0.2) is 36.8 Å². The summed E-state index contributed by atoms with van der Waals surface area (Å²) in [6.45, 7) is 0. The zero-order valence-corrected chi connectivity index (χ0v) is 13.4. The van der Waals surface area contributed by atoms with E-state index >= 15 is 0 Å². The van der Waals surface area contributed by atoms with Gasteiger partial charge in [0.2, 0.25) is 0 Å². The number of halogens is 3. The number of nitrogens with zero attached hydrogens (tertiary/aromatic N) is 1. The maximum Gasteiger partial charge on any atom is 0.272 e. The minimum Gasteiger partial charge on any atom is -0.356 e. The first-order valence-corrected chi connectivity index (χ1v) is 7.39. The van der Waals surface area contributed by atoms with E-state index in [0.29, 0.717) is 5.69 Å². The molecule has 0 saturated heterocycles. The maximum absolute atomic E-state index is 14.1. The Balaban J connectivity index is 1.87. The second-order valence-corrected chi connectivity index (χ2v) is 5.60. The molecule has 0 radical (unpaired) electrons. The number of carbonyl (C=O) groups is 2. The molecule has 0 spiro atoms. The number of aromatic nitrogens is 3. The van der Waals surface area contributed by atoms with Crippen LogP contribution in [0.4, 0.5) is 10.1 Å². The summed E-state index contributed by atoms with van der Waals surface area (Å²) in [5.74, 6) is -2.06. The molecule has 3 rings (SSSR count). The normalized spacial score (nSPS) is 10.6. The molecule has 0 saturated carbocycles. The third-order valence-corrected chi connectivity index (χ3v) is 3.82. The van der Waals surface area contributed by atoms with E-state index in [-0.39, 0.29) is 26.9 Å². The average molecular weight is 367 g/mol. The molecule has 2 heterocycles. The van der Waals surface area contributed by atoms with Crippen molar-refractivity contribution in [1.29, 1.82) is 0 Å². The summed E-state index contributed by atoms with van der Waals surface area (Å²) in [7, 11) is 0. The summed E-state index contributed by atoms with van der Waals surface area (Å²) >= 11 is 11.6. The van der Waals surface area contributed by atoms with Crippen LogP contribution in [0.5, 0.6) is 0 Å². The molecule has 122 valence electrons. The third kappa shape index (κ3) is 3.04. The lowest BCUT2D eigenvalue weighted by molar-refractivity contribution is 0.102. The molecule has 0 aliphatic carbocycles. The van der Waals surface area contributed by atoms with Crippen LogP contribution in [0, 0.1) is 5.82 Å². The Bertz CT molecular complexity index is 922. The molecule has 0 unspecified atom stereocenters. The molecule has 0 atom stereocenters. The van der Waals surface area contributed by atoms with Crippen molar-refractivity contribution in [3.8, 4) is 0 Å². The van der Waals surface area contributed by atoms with Crippen molar-refractivity contribution in [3.63, 3.8) is 0 Å². The summed E-state index contributed by atoms with van der Waals surface area (Å²) in [6, 6.07) is 3.89. The van der Waals surface area contributed by atoms with Crippen molar-refractivity contribution in [2.24, 2.45) is 0 Å². The van der Waals surface area contributed by atoms with Gasteiger partial charge < -0.3 is 10.3 Å². The summed E-state index contributed by atoms with van der Waals surface area (Å²) in [5.41, 5.74) is 0.324. The van der Waals surface area contributed by atoms with E-state index in [0.717, 1.165) is 0 Å². The smallest absolute Gasteiger partial charge is 0.272 e. The van der Waals surface area contributed by atoms with Gasteiger partial charge in [0.15, 0.2) is 11.6 Å². The van der Waals surface area contributed by atoms with Gasteiger partial charge in [-0.15, -0.1) is 0 Å². The SMILES string of the molecule is O=C(Nc1cn[nH]c1)c1cc(C(=O)c2c(Cl)ccc(Cl)c2F)c[nH]1. The largest absolute Gasteiger partial charge is 0.356 e. The van der Waals surface area contributed by atoms with Crippen LogP contribution in [0.2, 0.25) is 10.0 Å². The van der Waals surface area contributed by atoms with Crippen molar-refractivity contribution in [1.82, 2.24) is 15.2 Å². The van der Waals surface area contributed by atoms with E-state index in [4.69, 9.17) is 23.2 Å². The molecule has 24 heavy (non-hydrogen) atoms. The van der Waals surface area contributed by atoms with Crippen molar-refractivity contribution in [3.05, 3.63) is 69.5 Å². The van der Waals surface area contributed by atoms with E-state index in [1.807, 2.05) is 0 Å². The van der Waals surface area contributed by atoms with Crippen LogP contribution in [-0.4, -0.2) is 26.9 Å². The van der Waals surface area contributed by atoms with Crippen LogP contribution in [0.3, 0.4) is 0 Å². The van der Waals surface area contributed by atoms with Gasteiger partial charge in [-0.05, 0) is 18.2 Å². The van der Waals surface area contributed by atoms with Gasteiger partial charge in [-0.25, -0.2) is 4.39 Å². The number of anilines is 1. The Kier molecular flexibility index (Phi) is 4.37. The van der Waals surface area contributed by atoms with Crippen LogP contribution in [0.1, 0.15) is 26.4 Å². The summed E-state index contributed by atoms with van der Waals surface area (Å²) < 4.78 is 14.1. The molecule has 2 aromatic heterocycles. The predicted molar refractivity (Wildman–Crippen MR) is 87.2 cm³/mol. The monoisotopic (exact) mass is 366 g/mol. The molecular weight excluding hydrogens is 358 g/mol. The van der Waals surface area contributed by atoms with E-state index < -0.39 is 17.5 Å². The van der Waals surface area contributed by atoms with Crippen molar-refractivity contribution in [2.75, 3.05) is 5.32 Å². The number of aromatic amines is 2. The Morgan fingerprint density at radius 3 is 2.62 bits per heavy atom. The number of rotatable bonds is 4. The van der Waals surface area contributed by atoms with Crippen LogP contribution in [-0.2, 0) is 0 Å². The zero-order valence-electron chi connectivity index (χ0n) is 11.9. The second-order valence-electron chi connectivity index (χ2n) is 4.79. The molecule has 0 aliphatic rings. The van der Waals surface area contributed by atoms with Crippen LogP contribution in [0.25, 0.3) is 0 Å². The molecule has 0 aliphatic heterocycles. The molecule has 0 fully saturated rings. The molecule has 1 aromatic carbocycles. The molecule has 0 bridgehead atoms. The Morgan fingerprint density at radius 1 is 1.17 bits per heavy atom. The van der Waals surface area contributed by atoms with E-state index in [1.165, 1.54) is 36.8 Å². The standard InChI is InChI=1S/C15H9Cl2FN4O2/c16-9-1-2-10(17)13(18)12(9)14(23)7-3-11(19-4-7)15(24)22-8-5-20-21-6-8/h1-6,19H,(H,20,21)(H,22,24). The zero-order chi connectivity index (χ0) is 17.3. The highest BCUT2D eigenvalue weighted by atomic mass is 35.5. The number of hydrogen-bond donors (Lipinski definition) is 3. The van der Waals surface area contributed by atoms with Crippen molar-refractivity contribution >= 4 is 40.6 Å². The lowest BCUT2D eigenvalue weighted by Gasteiger charge is -2.05. The lowest BCUT2D eigenvalue weighted by Crippen LogP contribution is -2.11. The summed E-state index contributed by atoms with van der Waals surface area (Å²) in [6.07, 6.45) is 4.21. The fourth-order valence-corrected chi connectivity index (χ4v) is 2.44. The van der Waals surface area contributed by atoms with Gasteiger partial charge in [-0.2, -0.15) is 5.10 Å². The summed E-state index contributed by atoms with van der Waals surface area (Å²) in [5, 5.41) is 8.54. The number of benzene rings is 1. The minimum absolute atomic E-state index is 0.0625. The summed E-state index contributed by atoms with van der Waals surface area (Å²) in [4.78, 5) is 27.2. The molecular formula is C15H9Cl2FN4O2. The number of carbonyl (C=O) groups excluding carboxylic acids is 2. The number of hydrogen-bond acceptors (Lipinski definition) is 3. The number of amides is 1. The van der Waals surface area contributed by atoms with Crippen LogP contribution >= 0.6 is 23.2 Å². The lowest BCUT2D eigenvalue weighted by atomic mass is 10.0.